The number of anilines is 1. The minimum Gasteiger partial charge on any atom is -0.351 e. The fourth-order valence-corrected chi connectivity index (χ4v) is 5.14. The molecule has 1 amide bonds. The average molecular weight is 372 g/mol. The summed E-state index contributed by atoms with van der Waals surface area (Å²) in [6.07, 6.45) is 2.47. The first-order chi connectivity index (χ1) is 12.3. The Balaban J connectivity index is 1.62. The monoisotopic (exact) mass is 372 g/mol. The smallest absolute Gasteiger partial charge is 0.256 e. The summed E-state index contributed by atoms with van der Waals surface area (Å²) in [6, 6.07) is 9.07. The Labute approximate surface area is 151 Å². The maximum Gasteiger partial charge on any atom is 0.256 e. The van der Waals surface area contributed by atoms with E-state index in [9.17, 15) is 13.2 Å². The zero-order valence-corrected chi connectivity index (χ0v) is 15.5. The van der Waals surface area contributed by atoms with Crippen LogP contribution in [0, 0.1) is 6.92 Å². The van der Waals surface area contributed by atoms with E-state index in [1.54, 1.807) is 16.8 Å². The van der Waals surface area contributed by atoms with E-state index in [-0.39, 0.29) is 23.5 Å². The second-order valence-corrected chi connectivity index (χ2v) is 9.06. The largest absolute Gasteiger partial charge is 0.351 e. The summed E-state index contributed by atoms with van der Waals surface area (Å²) in [5.41, 5.74) is 2.26. The van der Waals surface area contributed by atoms with Gasteiger partial charge in [0.05, 0.1) is 23.2 Å². The van der Waals surface area contributed by atoms with Crippen molar-refractivity contribution in [2.24, 2.45) is 7.05 Å². The maximum absolute atomic E-state index is 12.7. The number of fused-ring (bicyclic) bond motifs is 1. The molecular weight excluding hydrogens is 352 g/mol. The first-order valence-corrected chi connectivity index (χ1v) is 10.3. The lowest BCUT2D eigenvalue weighted by molar-refractivity contribution is 0.102. The highest BCUT2D eigenvalue weighted by Crippen LogP contribution is 2.27. The number of benzene rings is 1. The Morgan fingerprint density at radius 2 is 2.08 bits per heavy atom. The second-order valence-electron chi connectivity index (χ2n) is 6.83. The highest BCUT2D eigenvalue weighted by Gasteiger charge is 2.31. The van der Waals surface area contributed by atoms with Gasteiger partial charge in [0, 0.05) is 30.4 Å². The number of aromatic nitrogens is 3. The van der Waals surface area contributed by atoms with E-state index in [0.29, 0.717) is 17.8 Å². The molecule has 1 fully saturated rings. The van der Waals surface area contributed by atoms with E-state index in [4.69, 9.17) is 0 Å². The fourth-order valence-electron chi connectivity index (χ4n) is 3.45. The molecule has 0 bridgehead atoms. The Bertz CT molecular complexity index is 1110. The van der Waals surface area contributed by atoms with Crippen LogP contribution in [0.1, 0.15) is 28.5 Å². The molecule has 0 saturated carbocycles. The predicted octanol–water partition coefficient (Wildman–Crippen LogP) is 2.30. The lowest BCUT2D eigenvalue weighted by Crippen LogP contribution is -2.19. The van der Waals surface area contributed by atoms with Gasteiger partial charge in [-0.05, 0) is 36.9 Å². The van der Waals surface area contributed by atoms with Gasteiger partial charge in [0.1, 0.15) is 5.82 Å². The van der Waals surface area contributed by atoms with Gasteiger partial charge in [-0.1, -0.05) is 6.07 Å². The van der Waals surface area contributed by atoms with Crippen molar-refractivity contribution in [3.8, 4) is 0 Å². The molecule has 3 aromatic rings. The van der Waals surface area contributed by atoms with Crippen LogP contribution in [0.4, 0.5) is 5.82 Å². The first-order valence-electron chi connectivity index (χ1n) is 8.45. The zero-order valence-electron chi connectivity index (χ0n) is 14.6. The number of sulfone groups is 1. The topological polar surface area (TPSA) is 86.0 Å². The number of carbonyl (C=O) groups is 1. The minimum absolute atomic E-state index is 0.0618. The summed E-state index contributed by atoms with van der Waals surface area (Å²) in [7, 11) is -1.10. The van der Waals surface area contributed by atoms with Gasteiger partial charge in [0.15, 0.2) is 9.84 Å². The van der Waals surface area contributed by atoms with Crippen LogP contribution in [-0.4, -0.2) is 40.2 Å². The van der Waals surface area contributed by atoms with Crippen LogP contribution in [0.15, 0.2) is 36.5 Å². The highest BCUT2D eigenvalue weighted by molar-refractivity contribution is 7.91. The third-order valence-corrected chi connectivity index (χ3v) is 6.55. The van der Waals surface area contributed by atoms with Crippen LogP contribution in [0.25, 0.3) is 10.9 Å². The number of hydrogen-bond acceptors (Lipinski definition) is 4. The van der Waals surface area contributed by atoms with Crippen molar-refractivity contribution in [3.05, 3.63) is 47.8 Å². The third kappa shape index (κ3) is 3.01. The molecule has 1 unspecified atom stereocenters. The van der Waals surface area contributed by atoms with Gasteiger partial charge in [-0.3, -0.25) is 4.79 Å². The third-order valence-electron chi connectivity index (χ3n) is 4.80. The summed E-state index contributed by atoms with van der Waals surface area (Å²) < 4.78 is 27.2. The summed E-state index contributed by atoms with van der Waals surface area (Å²) in [6.45, 7) is 1.83. The number of hydrogen-bond donors (Lipinski definition) is 1. The standard InChI is InChI=1S/C18H20N4O3S/c1-12-9-17(22(20-12)15-6-8-26(24,25)11-15)19-18(23)14-4-3-13-5-7-21(2)16(13)10-14/h3-5,7,9-10,15H,6,8,11H2,1-2H3,(H,19,23). The zero-order chi connectivity index (χ0) is 18.5. The van der Waals surface area contributed by atoms with Crippen molar-refractivity contribution in [2.75, 3.05) is 16.8 Å². The van der Waals surface area contributed by atoms with E-state index >= 15 is 0 Å². The second kappa shape index (κ2) is 5.98. The van der Waals surface area contributed by atoms with Gasteiger partial charge in [0.2, 0.25) is 0 Å². The van der Waals surface area contributed by atoms with Crippen LogP contribution in [0.3, 0.4) is 0 Å². The quantitative estimate of drug-likeness (QED) is 0.764. The van der Waals surface area contributed by atoms with E-state index < -0.39 is 9.84 Å². The number of amides is 1. The molecule has 0 radical (unpaired) electrons. The van der Waals surface area contributed by atoms with Crippen LogP contribution in [0.2, 0.25) is 0 Å². The summed E-state index contributed by atoms with van der Waals surface area (Å²) in [5, 5.41) is 8.35. The van der Waals surface area contributed by atoms with Crippen molar-refractivity contribution in [3.63, 3.8) is 0 Å². The molecule has 8 heteroatoms. The van der Waals surface area contributed by atoms with Gasteiger partial charge < -0.3 is 9.88 Å². The predicted molar refractivity (Wildman–Crippen MR) is 100 cm³/mol. The van der Waals surface area contributed by atoms with E-state index in [0.717, 1.165) is 16.6 Å². The lowest BCUT2D eigenvalue weighted by Gasteiger charge is -2.14. The summed E-state index contributed by atoms with van der Waals surface area (Å²) in [5.74, 6) is 0.511. The van der Waals surface area contributed by atoms with E-state index in [1.807, 2.05) is 42.9 Å². The van der Waals surface area contributed by atoms with Crippen LogP contribution in [-0.2, 0) is 16.9 Å². The Morgan fingerprint density at radius 1 is 1.27 bits per heavy atom. The molecule has 1 saturated heterocycles. The molecule has 1 aliphatic rings. The molecule has 1 atom stereocenters. The molecule has 7 nitrogen and oxygen atoms in total. The highest BCUT2D eigenvalue weighted by atomic mass is 32.2. The van der Waals surface area contributed by atoms with Gasteiger partial charge in [-0.25, -0.2) is 13.1 Å². The van der Waals surface area contributed by atoms with Crippen LogP contribution < -0.4 is 5.32 Å². The van der Waals surface area contributed by atoms with Crippen LogP contribution in [0.5, 0.6) is 0 Å². The number of aryl methyl sites for hydroxylation is 2. The van der Waals surface area contributed by atoms with E-state index in [2.05, 4.69) is 10.4 Å². The van der Waals surface area contributed by atoms with Gasteiger partial charge in [-0.15, -0.1) is 0 Å². The molecule has 136 valence electrons. The molecule has 0 spiro atoms. The Hall–Kier alpha value is -2.61. The maximum atomic E-state index is 12.7. The number of nitrogens with zero attached hydrogens (tertiary/aromatic N) is 3. The Kier molecular flexibility index (Phi) is 3.87. The average Bonchev–Trinajstić information content (AvgIpc) is 3.25. The molecule has 4 rings (SSSR count). The molecular formula is C18H20N4O3S. The summed E-state index contributed by atoms with van der Waals surface area (Å²) in [4.78, 5) is 12.7. The SMILES string of the molecule is Cc1cc(NC(=O)c2ccc3ccn(C)c3c2)n(C2CCS(=O)(=O)C2)n1. The number of nitrogens with one attached hydrogen (secondary N) is 1. The molecule has 2 aromatic heterocycles. The molecule has 0 aliphatic carbocycles. The van der Waals surface area contributed by atoms with Crippen molar-refractivity contribution in [1.29, 1.82) is 0 Å². The minimum atomic E-state index is -3.03. The van der Waals surface area contributed by atoms with Gasteiger partial charge in [0.25, 0.3) is 5.91 Å². The molecule has 3 heterocycles. The molecule has 1 aliphatic heterocycles. The van der Waals surface area contributed by atoms with Crippen molar-refractivity contribution in [1.82, 2.24) is 14.3 Å². The lowest BCUT2D eigenvalue weighted by atomic mass is 10.1. The number of rotatable bonds is 3. The van der Waals surface area contributed by atoms with Crippen molar-refractivity contribution < 1.29 is 13.2 Å². The van der Waals surface area contributed by atoms with E-state index in [1.165, 1.54) is 0 Å². The van der Waals surface area contributed by atoms with Gasteiger partial charge in [-0.2, -0.15) is 5.10 Å². The molecule has 1 aromatic carbocycles. The number of carbonyl (C=O) groups excluding carboxylic acids is 1. The molecule has 26 heavy (non-hydrogen) atoms. The van der Waals surface area contributed by atoms with Crippen LogP contribution >= 0.6 is 0 Å². The summed E-state index contributed by atoms with van der Waals surface area (Å²) >= 11 is 0. The van der Waals surface area contributed by atoms with Gasteiger partial charge >= 0.3 is 0 Å². The Morgan fingerprint density at radius 3 is 2.81 bits per heavy atom. The molecule has 1 N–H and O–H groups in total. The normalized spacial score (nSPS) is 19.1. The first kappa shape index (κ1) is 16.8. The fraction of sp³-hybridized carbons (Fsp3) is 0.333. The van der Waals surface area contributed by atoms with Crippen molar-refractivity contribution >= 4 is 32.5 Å². The van der Waals surface area contributed by atoms with Crippen molar-refractivity contribution in [2.45, 2.75) is 19.4 Å².